The van der Waals surface area contributed by atoms with Gasteiger partial charge in [0, 0.05) is 6.42 Å². The molecule has 436 valence electrons. The van der Waals surface area contributed by atoms with E-state index in [1.807, 2.05) is 27.2 Å². The molecule has 74 heavy (non-hydrogen) atoms. The fraction of sp³-hybridized carbons (Fsp3) is 0.862. The van der Waals surface area contributed by atoms with Crippen molar-refractivity contribution in [3.05, 3.63) is 48.6 Å². The van der Waals surface area contributed by atoms with Gasteiger partial charge in [-0.1, -0.05) is 287 Å². The number of hydrogen-bond acceptors (Lipinski definition) is 5. The summed E-state index contributed by atoms with van der Waals surface area (Å²) in [6, 6.07) is -0.862. The van der Waals surface area contributed by atoms with Crippen LogP contribution in [0.3, 0.4) is 0 Å². The average molecular weight is 1060 g/mol. The number of phosphoric ester groups is 1. The number of carbonyl (C=O) groups excluding carboxylic acids is 1. The summed E-state index contributed by atoms with van der Waals surface area (Å²) in [7, 11) is 1.56. The van der Waals surface area contributed by atoms with Crippen molar-refractivity contribution in [2.75, 3.05) is 40.9 Å². The van der Waals surface area contributed by atoms with Crippen LogP contribution in [0.25, 0.3) is 0 Å². The van der Waals surface area contributed by atoms with Crippen LogP contribution in [0.15, 0.2) is 48.6 Å². The summed E-state index contributed by atoms with van der Waals surface area (Å²) >= 11 is 0. The van der Waals surface area contributed by atoms with E-state index in [1.54, 1.807) is 6.08 Å². The van der Waals surface area contributed by atoms with Crippen LogP contribution >= 0.6 is 7.82 Å². The van der Waals surface area contributed by atoms with Gasteiger partial charge in [0.25, 0.3) is 0 Å². The molecule has 9 heteroatoms. The van der Waals surface area contributed by atoms with Crippen LogP contribution in [0.4, 0.5) is 0 Å². The van der Waals surface area contributed by atoms with Gasteiger partial charge in [0.05, 0.1) is 39.9 Å². The number of unbranched alkanes of at least 4 members (excludes halogenated alkanes) is 40. The number of carbonyl (C=O) groups is 1. The predicted molar refractivity (Wildman–Crippen MR) is 323 cm³/mol. The van der Waals surface area contributed by atoms with Gasteiger partial charge >= 0.3 is 7.82 Å². The average Bonchev–Trinajstić information content (AvgIpc) is 3.36. The van der Waals surface area contributed by atoms with Crippen LogP contribution in [0.5, 0.6) is 0 Å². The van der Waals surface area contributed by atoms with Gasteiger partial charge in [-0.05, 0) is 64.2 Å². The van der Waals surface area contributed by atoms with Crippen LogP contribution in [0, 0.1) is 0 Å². The van der Waals surface area contributed by atoms with Crippen molar-refractivity contribution >= 4 is 13.7 Å². The first-order valence-corrected chi connectivity index (χ1v) is 33.5. The van der Waals surface area contributed by atoms with Crippen molar-refractivity contribution in [3.63, 3.8) is 0 Å². The zero-order chi connectivity index (χ0) is 54.2. The summed E-state index contributed by atoms with van der Waals surface area (Å²) in [4.78, 5) is 23.3. The Kier molecular flexibility index (Phi) is 55.0. The second-order valence-electron chi connectivity index (χ2n) is 23.1. The van der Waals surface area contributed by atoms with Gasteiger partial charge in [0.15, 0.2) is 0 Å². The Morgan fingerprint density at radius 3 is 1.16 bits per heavy atom. The molecule has 0 spiro atoms. The lowest BCUT2D eigenvalue weighted by molar-refractivity contribution is -0.870. The number of likely N-dealkylation sites (N-methyl/N-ethyl adjacent to an activating group) is 1. The van der Waals surface area contributed by atoms with Gasteiger partial charge in [-0.2, -0.15) is 0 Å². The van der Waals surface area contributed by atoms with Crippen LogP contribution < -0.4 is 5.32 Å². The third-order valence-electron chi connectivity index (χ3n) is 14.5. The molecule has 0 bridgehead atoms. The molecule has 0 rings (SSSR count). The van der Waals surface area contributed by atoms with Gasteiger partial charge in [0.2, 0.25) is 5.91 Å². The maximum absolute atomic E-state index is 13.0. The molecule has 0 aliphatic heterocycles. The summed E-state index contributed by atoms with van der Waals surface area (Å²) in [5.41, 5.74) is 0. The number of hydrogen-bond donors (Lipinski definition) is 3. The minimum Gasteiger partial charge on any atom is -0.387 e. The third-order valence-corrected chi connectivity index (χ3v) is 15.5. The Morgan fingerprint density at radius 1 is 0.459 bits per heavy atom. The quantitative estimate of drug-likeness (QED) is 0.0243. The number of aliphatic hydroxyl groups excluding tert-OH is 1. The molecule has 3 unspecified atom stereocenters. The highest BCUT2D eigenvalue weighted by molar-refractivity contribution is 7.47. The molecule has 0 saturated heterocycles. The normalized spacial score (nSPS) is 14.1. The van der Waals surface area contributed by atoms with Crippen LogP contribution in [-0.4, -0.2) is 73.4 Å². The fourth-order valence-electron chi connectivity index (χ4n) is 9.50. The van der Waals surface area contributed by atoms with E-state index in [0.29, 0.717) is 17.4 Å². The van der Waals surface area contributed by atoms with Crippen molar-refractivity contribution in [2.24, 2.45) is 0 Å². The SMILES string of the molecule is CCCCCCC/C=C\C/C=C\CCCCCCCCCCCCCCCCCCCCCCCCCCCC(=O)NC(COP(=O)(O)OCC[N+](C)(C)C)C(O)/C=C/CC/C=C/CCCCCCCCCCC. The van der Waals surface area contributed by atoms with Crippen molar-refractivity contribution < 1.29 is 32.9 Å². The largest absolute Gasteiger partial charge is 0.472 e. The number of amides is 1. The number of quaternary nitrogens is 1. The van der Waals surface area contributed by atoms with Gasteiger partial charge in [-0.25, -0.2) is 4.57 Å². The Labute approximate surface area is 460 Å². The smallest absolute Gasteiger partial charge is 0.387 e. The summed E-state index contributed by atoms with van der Waals surface area (Å²) in [6.07, 6.45) is 75.4. The molecule has 0 aromatic heterocycles. The molecule has 8 nitrogen and oxygen atoms in total. The molecule has 0 heterocycles. The second-order valence-corrected chi connectivity index (χ2v) is 24.6. The van der Waals surface area contributed by atoms with Gasteiger partial charge in [-0.15, -0.1) is 0 Å². The molecule has 0 saturated carbocycles. The van der Waals surface area contributed by atoms with E-state index in [4.69, 9.17) is 9.05 Å². The molecule has 3 N–H and O–H groups in total. The zero-order valence-corrected chi connectivity index (χ0v) is 50.7. The summed E-state index contributed by atoms with van der Waals surface area (Å²) in [5.74, 6) is -0.182. The van der Waals surface area contributed by atoms with Crippen molar-refractivity contribution in [1.29, 1.82) is 0 Å². The van der Waals surface area contributed by atoms with Crippen LogP contribution in [0.1, 0.15) is 309 Å². The Bertz CT molecular complexity index is 1340. The highest BCUT2D eigenvalue weighted by Gasteiger charge is 2.27. The molecule has 0 aliphatic rings. The van der Waals surface area contributed by atoms with Crippen LogP contribution in [-0.2, 0) is 18.4 Å². The van der Waals surface area contributed by atoms with E-state index in [1.165, 1.54) is 244 Å². The third kappa shape index (κ3) is 58.1. The topological polar surface area (TPSA) is 105 Å². The van der Waals surface area contributed by atoms with Crippen molar-refractivity contribution in [3.8, 4) is 0 Å². The minimum atomic E-state index is -4.35. The molecule has 0 aromatic rings. The van der Waals surface area contributed by atoms with Crippen molar-refractivity contribution in [1.82, 2.24) is 5.32 Å². The highest BCUT2D eigenvalue weighted by Crippen LogP contribution is 2.43. The molecule has 0 aliphatic carbocycles. The lowest BCUT2D eigenvalue weighted by atomic mass is 10.0. The van der Waals surface area contributed by atoms with Crippen LogP contribution in [0.2, 0.25) is 0 Å². The minimum absolute atomic E-state index is 0.0573. The zero-order valence-electron chi connectivity index (χ0n) is 49.8. The molecule has 1 amide bonds. The number of phosphoric acid groups is 1. The van der Waals surface area contributed by atoms with E-state index in [2.05, 4.69) is 55.6 Å². The van der Waals surface area contributed by atoms with Gasteiger partial charge in [-0.3, -0.25) is 13.8 Å². The number of nitrogens with zero attached hydrogens (tertiary/aromatic N) is 1. The number of aliphatic hydroxyl groups is 1. The first-order valence-electron chi connectivity index (χ1n) is 32.0. The van der Waals surface area contributed by atoms with Crippen molar-refractivity contribution in [2.45, 2.75) is 321 Å². The summed E-state index contributed by atoms with van der Waals surface area (Å²) < 4.78 is 23.7. The highest BCUT2D eigenvalue weighted by atomic mass is 31.2. The van der Waals surface area contributed by atoms with E-state index >= 15 is 0 Å². The fourth-order valence-corrected chi connectivity index (χ4v) is 10.2. The van der Waals surface area contributed by atoms with Gasteiger partial charge < -0.3 is 19.8 Å². The predicted octanol–water partition coefficient (Wildman–Crippen LogP) is 19.9. The maximum Gasteiger partial charge on any atom is 0.472 e. The molecule has 0 radical (unpaired) electrons. The van der Waals surface area contributed by atoms with E-state index < -0.39 is 20.0 Å². The summed E-state index contributed by atoms with van der Waals surface area (Å²) in [6.45, 7) is 4.81. The second kappa shape index (κ2) is 56.2. The van der Waals surface area contributed by atoms with E-state index in [0.717, 1.165) is 44.9 Å². The molecule has 3 atom stereocenters. The standard InChI is InChI=1S/C65H125N2O6P/c1-6-8-10-12-14-16-18-20-22-23-24-25-26-27-28-29-30-31-32-33-34-35-36-37-38-39-40-41-42-43-45-47-49-51-53-55-57-59-65(69)66-63(62-73-74(70,71)72-61-60-67(3,4)5)64(68)58-56-54-52-50-48-46-44-21-19-17-15-13-11-9-7-2/h18,20,23-24,48,50,56,58,63-64,68H,6-17,19,21-22,25-47,49,51-55,57,59-62H2,1-5H3,(H-,66,69,70,71)/p+1/b20-18-,24-23-,50-48+,58-56+. The van der Waals surface area contributed by atoms with Gasteiger partial charge in [0.1, 0.15) is 13.2 Å². The number of nitrogens with one attached hydrogen (secondary N) is 1. The maximum atomic E-state index is 13.0. The Morgan fingerprint density at radius 2 is 0.784 bits per heavy atom. The van der Waals surface area contributed by atoms with E-state index in [9.17, 15) is 19.4 Å². The first kappa shape index (κ1) is 72.5. The Hall–Kier alpha value is -1.54. The van der Waals surface area contributed by atoms with E-state index in [-0.39, 0.29) is 19.1 Å². The first-order chi connectivity index (χ1) is 36.0. The lowest BCUT2D eigenvalue weighted by Gasteiger charge is -2.25. The molecular weight excluding hydrogens is 936 g/mol. The lowest BCUT2D eigenvalue weighted by Crippen LogP contribution is -2.45. The number of rotatable bonds is 59. The Balaban J connectivity index is 3.95. The molecule has 0 aromatic carbocycles. The molecule has 0 fully saturated rings. The molecular formula is C65H126N2O6P+. The number of allylic oxidation sites excluding steroid dienone is 7. The summed E-state index contributed by atoms with van der Waals surface area (Å²) in [5, 5.41) is 13.9. The monoisotopic (exact) mass is 1060 g/mol.